The number of carbonyl (C=O) groups is 3. The molecular formula is C25H30N2O5. The van der Waals surface area contributed by atoms with Crippen LogP contribution in [-0.2, 0) is 14.3 Å². The van der Waals surface area contributed by atoms with Gasteiger partial charge in [-0.3, -0.25) is 9.59 Å². The Morgan fingerprint density at radius 1 is 1.03 bits per heavy atom. The minimum absolute atomic E-state index is 0.0233. The standard InChI is InChI=1S/C25H30N2O5/c1-4-13-27(15-23(29)30)22(28)14-25(2,3)26-24(31)32-16-21-19-11-7-5-9-17(19)18-10-6-8-12-20(18)21/h5-12,21H,4,13-16H2,1-3H3,(H,26,31)(H,29,30). The van der Waals surface area contributed by atoms with Crippen molar-refractivity contribution in [2.45, 2.75) is 45.1 Å². The Balaban J connectivity index is 1.61. The molecule has 3 rings (SSSR count). The third-order valence-corrected chi connectivity index (χ3v) is 5.55. The Kier molecular flexibility index (Phi) is 7.18. The van der Waals surface area contributed by atoms with E-state index in [9.17, 15) is 14.4 Å². The molecule has 0 saturated carbocycles. The molecule has 2 N–H and O–H groups in total. The molecule has 0 spiro atoms. The molecule has 32 heavy (non-hydrogen) atoms. The predicted molar refractivity (Wildman–Crippen MR) is 121 cm³/mol. The summed E-state index contributed by atoms with van der Waals surface area (Å²) in [5.41, 5.74) is 3.67. The Bertz CT molecular complexity index is 956. The van der Waals surface area contributed by atoms with Crippen LogP contribution >= 0.6 is 0 Å². The summed E-state index contributed by atoms with van der Waals surface area (Å²) in [6, 6.07) is 16.2. The maximum atomic E-state index is 12.6. The second kappa shape index (κ2) is 9.85. The van der Waals surface area contributed by atoms with Crippen molar-refractivity contribution < 1.29 is 24.2 Å². The number of carboxylic acid groups (broad SMARTS) is 1. The molecule has 0 aromatic heterocycles. The number of fused-ring (bicyclic) bond motifs is 3. The van der Waals surface area contributed by atoms with Crippen LogP contribution in [0.3, 0.4) is 0 Å². The normalized spacial score (nSPS) is 12.6. The van der Waals surface area contributed by atoms with Gasteiger partial charge < -0.3 is 20.1 Å². The van der Waals surface area contributed by atoms with Crippen molar-refractivity contribution in [2.75, 3.05) is 19.7 Å². The fourth-order valence-corrected chi connectivity index (χ4v) is 4.17. The Labute approximate surface area is 188 Å². The highest BCUT2D eigenvalue weighted by atomic mass is 16.5. The first-order valence-corrected chi connectivity index (χ1v) is 10.8. The number of aliphatic carboxylic acids is 1. The van der Waals surface area contributed by atoms with Gasteiger partial charge in [0.05, 0.1) is 0 Å². The lowest BCUT2D eigenvalue weighted by atomic mass is 9.98. The average molecular weight is 439 g/mol. The van der Waals surface area contributed by atoms with Gasteiger partial charge in [-0.25, -0.2) is 4.79 Å². The Morgan fingerprint density at radius 3 is 2.12 bits per heavy atom. The lowest BCUT2D eigenvalue weighted by Crippen LogP contribution is -2.48. The van der Waals surface area contributed by atoms with Gasteiger partial charge in [-0.15, -0.1) is 0 Å². The van der Waals surface area contributed by atoms with E-state index in [1.54, 1.807) is 13.8 Å². The fourth-order valence-electron chi connectivity index (χ4n) is 4.17. The van der Waals surface area contributed by atoms with Crippen LogP contribution in [0.25, 0.3) is 11.1 Å². The molecule has 170 valence electrons. The van der Waals surface area contributed by atoms with Gasteiger partial charge in [0.2, 0.25) is 5.91 Å². The van der Waals surface area contributed by atoms with Crippen molar-refractivity contribution in [1.82, 2.24) is 10.2 Å². The predicted octanol–water partition coefficient (Wildman–Crippen LogP) is 4.02. The van der Waals surface area contributed by atoms with Crippen LogP contribution in [0, 0.1) is 0 Å². The molecule has 0 saturated heterocycles. The van der Waals surface area contributed by atoms with Gasteiger partial charge >= 0.3 is 12.1 Å². The topological polar surface area (TPSA) is 95.9 Å². The van der Waals surface area contributed by atoms with E-state index in [1.807, 2.05) is 31.2 Å². The molecule has 0 unspecified atom stereocenters. The van der Waals surface area contributed by atoms with E-state index >= 15 is 0 Å². The van der Waals surface area contributed by atoms with E-state index in [1.165, 1.54) is 4.90 Å². The van der Waals surface area contributed by atoms with Gasteiger partial charge in [0, 0.05) is 24.4 Å². The van der Waals surface area contributed by atoms with Crippen molar-refractivity contribution in [3.63, 3.8) is 0 Å². The quantitative estimate of drug-likeness (QED) is 0.617. The highest BCUT2D eigenvalue weighted by Crippen LogP contribution is 2.44. The molecule has 7 heteroatoms. The van der Waals surface area contributed by atoms with E-state index in [0.717, 1.165) is 22.3 Å². The molecule has 2 aromatic rings. The van der Waals surface area contributed by atoms with Gasteiger partial charge in [0.25, 0.3) is 0 Å². The number of hydrogen-bond acceptors (Lipinski definition) is 4. The molecular weight excluding hydrogens is 408 g/mol. The van der Waals surface area contributed by atoms with E-state index in [4.69, 9.17) is 9.84 Å². The first-order valence-electron chi connectivity index (χ1n) is 10.8. The van der Waals surface area contributed by atoms with E-state index in [0.29, 0.717) is 13.0 Å². The molecule has 0 bridgehead atoms. The number of ether oxygens (including phenoxy) is 1. The summed E-state index contributed by atoms with van der Waals surface area (Å²) in [7, 11) is 0. The maximum Gasteiger partial charge on any atom is 0.407 e. The largest absolute Gasteiger partial charge is 0.480 e. The summed E-state index contributed by atoms with van der Waals surface area (Å²) in [5, 5.41) is 11.8. The molecule has 0 heterocycles. The number of amides is 2. The summed E-state index contributed by atoms with van der Waals surface area (Å²) in [4.78, 5) is 37.4. The molecule has 2 aromatic carbocycles. The third-order valence-electron chi connectivity index (χ3n) is 5.55. The minimum Gasteiger partial charge on any atom is -0.480 e. The van der Waals surface area contributed by atoms with Crippen molar-refractivity contribution in [1.29, 1.82) is 0 Å². The summed E-state index contributed by atoms with van der Waals surface area (Å²) in [5.74, 6) is -1.43. The number of carboxylic acids is 1. The van der Waals surface area contributed by atoms with E-state index in [-0.39, 0.29) is 31.4 Å². The van der Waals surface area contributed by atoms with Crippen LogP contribution in [0.5, 0.6) is 0 Å². The number of rotatable bonds is 9. The second-order valence-corrected chi connectivity index (χ2v) is 8.72. The monoisotopic (exact) mass is 438 g/mol. The van der Waals surface area contributed by atoms with Crippen molar-refractivity contribution >= 4 is 18.0 Å². The molecule has 0 fully saturated rings. The zero-order valence-electron chi connectivity index (χ0n) is 18.8. The number of nitrogens with zero attached hydrogens (tertiary/aromatic N) is 1. The molecule has 2 amide bonds. The fraction of sp³-hybridized carbons (Fsp3) is 0.400. The lowest BCUT2D eigenvalue weighted by molar-refractivity contribution is -0.145. The van der Waals surface area contributed by atoms with E-state index in [2.05, 4.69) is 29.6 Å². The number of hydrogen-bond donors (Lipinski definition) is 2. The Hall–Kier alpha value is -3.35. The zero-order chi connectivity index (χ0) is 23.3. The lowest BCUT2D eigenvalue weighted by Gasteiger charge is -2.29. The van der Waals surface area contributed by atoms with Crippen molar-refractivity contribution in [2.24, 2.45) is 0 Å². The van der Waals surface area contributed by atoms with Crippen LogP contribution in [0.4, 0.5) is 4.79 Å². The summed E-state index contributed by atoms with van der Waals surface area (Å²) < 4.78 is 5.56. The number of carbonyl (C=O) groups excluding carboxylic acids is 2. The molecule has 0 aliphatic heterocycles. The molecule has 1 aliphatic carbocycles. The SMILES string of the molecule is CCCN(CC(=O)O)C(=O)CC(C)(C)NC(=O)OCC1c2ccccc2-c2ccccc21. The summed E-state index contributed by atoms with van der Waals surface area (Å²) in [6.07, 6.45) is 0.0222. The highest BCUT2D eigenvalue weighted by Gasteiger charge is 2.31. The van der Waals surface area contributed by atoms with Gasteiger partial charge in [-0.2, -0.15) is 0 Å². The van der Waals surface area contributed by atoms with Crippen molar-refractivity contribution in [3.05, 3.63) is 59.7 Å². The third kappa shape index (κ3) is 5.46. The number of benzene rings is 2. The summed E-state index contributed by atoms with van der Waals surface area (Å²) >= 11 is 0. The number of alkyl carbamates (subject to hydrolysis) is 1. The highest BCUT2D eigenvalue weighted by molar-refractivity contribution is 5.83. The smallest absolute Gasteiger partial charge is 0.407 e. The molecule has 0 radical (unpaired) electrons. The van der Waals surface area contributed by atoms with Gasteiger partial charge in [0.15, 0.2) is 0 Å². The van der Waals surface area contributed by atoms with Crippen LogP contribution in [0.2, 0.25) is 0 Å². The van der Waals surface area contributed by atoms with Crippen LogP contribution in [-0.4, -0.2) is 53.2 Å². The molecule has 7 nitrogen and oxygen atoms in total. The van der Waals surface area contributed by atoms with E-state index < -0.39 is 17.6 Å². The zero-order valence-corrected chi connectivity index (χ0v) is 18.8. The van der Waals surface area contributed by atoms with Gasteiger partial charge in [-0.1, -0.05) is 55.5 Å². The second-order valence-electron chi connectivity index (χ2n) is 8.72. The first kappa shape index (κ1) is 23.3. The van der Waals surface area contributed by atoms with Gasteiger partial charge in [-0.05, 0) is 42.5 Å². The summed E-state index contributed by atoms with van der Waals surface area (Å²) in [6.45, 7) is 5.50. The maximum absolute atomic E-state index is 12.6. The van der Waals surface area contributed by atoms with Crippen LogP contribution in [0.15, 0.2) is 48.5 Å². The minimum atomic E-state index is -1.06. The molecule has 0 atom stereocenters. The van der Waals surface area contributed by atoms with Crippen LogP contribution < -0.4 is 5.32 Å². The van der Waals surface area contributed by atoms with Gasteiger partial charge in [0.1, 0.15) is 13.2 Å². The number of nitrogens with one attached hydrogen (secondary N) is 1. The van der Waals surface area contributed by atoms with Crippen LogP contribution in [0.1, 0.15) is 50.7 Å². The first-order chi connectivity index (χ1) is 15.2. The average Bonchev–Trinajstić information content (AvgIpc) is 3.05. The molecule has 1 aliphatic rings. The Morgan fingerprint density at radius 2 is 1.59 bits per heavy atom. The van der Waals surface area contributed by atoms with Crippen molar-refractivity contribution in [3.8, 4) is 11.1 Å².